The third-order valence-corrected chi connectivity index (χ3v) is 1.73. The van der Waals surface area contributed by atoms with Crippen LogP contribution in [0.4, 0.5) is 0 Å². The van der Waals surface area contributed by atoms with Crippen LogP contribution in [0.15, 0.2) is 12.0 Å². The number of likely N-dealkylation sites (N-methyl/N-ethyl adjacent to an activating group) is 1. The van der Waals surface area contributed by atoms with Crippen LogP contribution >= 0.6 is 0 Å². The van der Waals surface area contributed by atoms with Gasteiger partial charge in [0, 0.05) is 12.7 Å². The van der Waals surface area contributed by atoms with Gasteiger partial charge in [-0.15, -0.1) is 0 Å². The lowest BCUT2D eigenvalue weighted by Gasteiger charge is -2.23. The summed E-state index contributed by atoms with van der Waals surface area (Å²) in [6.45, 7) is 3.66. The van der Waals surface area contributed by atoms with Crippen LogP contribution in [-0.2, 0) is 4.74 Å². The molecule has 58 valence electrons. The van der Waals surface area contributed by atoms with E-state index in [1.807, 2.05) is 18.9 Å². The van der Waals surface area contributed by atoms with Crippen LogP contribution in [0.25, 0.3) is 0 Å². The molecule has 2 unspecified atom stereocenters. The maximum Gasteiger partial charge on any atom is 0.196 e. The summed E-state index contributed by atoms with van der Waals surface area (Å²) in [4.78, 5) is 1.91. The summed E-state index contributed by atoms with van der Waals surface area (Å²) in [6.07, 6.45) is 1.02. The summed E-state index contributed by atoms with van der Waals surface area (Å²) in [6, 6.07) is 0. The Balaban J connectivity index is 2.56. The molecule has 0 aromatic heterocycles. The zero-order valence-electron chi connectivity index (χ0n) is 6.53. The van der Waals surface area contributed by atoms with Gasteiger partial charge in [0.15, 0.2) is 6.23 Å². The fraction of sp³-hybridized carbons (Fsp3) is 0.714. The molecule has 0 amide bonds. The second-order valence-electron chi connectivity index (χ2n) is 2.64. The third-order valence-electron chi connectivity index (χ3n) is 1.73. The van der Waals surface area contributed by atoms with E-state index in [1.54, 1.807) is 13.2 Å². The molecule has 0 spiro atoms. The summed E-state index contributed by atoms with van der Waals surface area (Å²) in [7, 11) is 1.90. The van der Waals surface area contributed by atoms with E-state index in [9.17, 15) is 0 Å². The van der Waals surface area contributed by atoms with Crippen molar-refractivity contribution in [2.24, 2.45) is 0 Å². The zero-order valence-corrected chi connectivity index (χ0v) is 6.53. The Bertz CT molecular complexity index is 154. The van der Waals surface area contributed by atoms with Crippen molar-refractivity contribution in [3.8, 4) is 0 Å². The molecule has 1 rings (SSSR count). The standard InChI is InChI=1S/C7H13NO2/c1-5-4-10-7(6(2)9)8(5)3/h4,6-7,9H,1-3H3. The number of aliphatic hydroxyl groups excluding tert-OH is 1. The van der Waals surface area contributed by atoms with Crippen LogP contribution in [0.3, 0.4) is 0 Å². The molecule has 1 aliphatic heterocycles. The monoisotopic (exact) mass is 143 g/mol. The van der Waals surface area contributed by atoms with E-state index in [4.69, 9.17) is 9.84 Å². The van der Waals surface area contributed by atoms with Gasteiger partial charge in [-0.3, -0.25) is 0 Å². The molecule has 0 bridgehead atoms. The molecule has 0 saturated heterocycles. The van der Waals surface area contributed by atoms with E-state index in [-0.39, 0.29) is 6.23 Å². The van der Waals surface area contributed by atoms with E-state index in [0.29, 0.717) is 0 Å². The van der Waals surface area contributed by atoms with Crippen LogP contribution in [0.5, 0.6) is 0 Å². The highest BCUT2D eigenvalue weighted by molar-refractivity contribution is 4.99. The van der Waals surface area contributed by atoms with E-state index < -0.39 is 6.10 Å². The Labute approximate surface area is 60.9 Å². The average Bonchev–Trinajstić information content (AvgIpc) is 2.14. The fourth-order valence-electron chi connectivity index (χ4n) is 0.981. The Hall–Kier alpha value is -0.700. The van der Waals surface area contributed by atoms with E-state index in [2.05, 4.69) is 0 Å². The molecule has 1 N–H and O–H groups in total. The lowest BCUT2D eigenvalue weighted by atomic mass is 10.3. The summed E-state index contributed by atoms with van der Waals surface area (Å²) in [5.74, 6) is 0. The minimum atomic E-state index is -0.446. The Morgan fingerprint density at radius 2 is 2.40 bits per heavy atom. The summed E-state index contributed by atoms with van der Waals surface area (Å²) in [5, 5.41) is 9.14. The minimum Gasteiger partial charge on any atom is -0.474 e. The number of nitrogens with zero attached hydrogens (tertiary/aromatic N) is 1. The van der Waals surface area contributed by atoms with Gasteiger partial charge < -0.3 is 14.7 Å². The second-order valence-corrected chi connectivity index (χ2v) is 2.64. The number of allylic oxidation sites excluding steroid dienone is 1. The van der Waals surface area contributed by atoms with Gasteiger partial charge in [-0.1, -0.05) is 0 Å². The van der Waals surface area contributed by atoms with Gasteiger partial charge in [0.05, 0.1) is 0 Å². The van der Waals surface area contributed by atoms with Crippen molar-refractivity contribution in [3.05, 3.63) is 12.0 Å². The topological polar surface area (TPSA) is 32.7 Å². The number of hydrogen-bond donors (Lipinski definition) is 1. The van der Waals surface area contributed by atoms with Crippen molar-refractivity contribution in [1.29, 1.82) is 0 Å². The molecule has 1 heterocycles. The third kappa shape index (κ3) is 1.09. The fourth-order valence-corrected chi connectivity index (χ4v) is 0.981. The Morgan fingerprint density at radius 1 is 1.80 bits per heavy atom. The van der Waals surface area contributed by atoms with Gasteiger partial charge in [0.2, 0.25) is 0 Å². The Morgan fingerprint density at radius 3 is 2.60 bits per heavy atom. The van der Waals surface area contributed by atoms with Crippen LogP contribution < -0.4 is 0 Å². The van der Waals surface area contributed by atoms with E-state index in [1.165, 1.54) is 0 Å². The molecule has 1 aliphatic rings. The lowest BCUT2D eigenvalue weighted by molar-refractivity contribution is -0.0326. The molecule has 0 aliphatic carbocycles. The number of aliphatic hydroxyl groups is 1. The zero-order chi connectivity index (χ0) is 7.72. The number of hydrogen-bond acceptors (Lipinski definition) is 3. The lowest BCUT2D eigenvalue weighted by Crippen LogP contribution is -2.35. The largest absolute Gasteiger partial charge is 0.474 e. The summed E-state index contributed by atoms with van der Waals surface area (Å²) >= 11 is 0. The van der Waals surface area contributed by atoms with Crippen molar-refractivity contribution >= 4 is 0 Å². The normalized spacial score (nSPS) is 27.8. The van der Waals surface area contributed by atoms with Gasteiger partial charge in [0.1, 0.15) is 12.4 Å². The predicted octanol–water partition coefficient (Wildman–Crippen LogP) is 0.517. The van der Waals surface area contributed by atoms with Gasteiger partial charge >= 0.3 is 0 Å². The molecule has 0 aromatic carbocycles. The molecule has 0 fully saturated rings. The van der Waals surface area contributed by atoms with Gasteiger partial charge in [-0.2, -0.15) is 0 Å². The van der Waals surface area contributed by atoms with Crippen molar-refractivity contribution in [2.45, 2.75) is 26.2 Å². The van der Waals surface area contributed by atoms with Gasteiger partial charge in [0.25, 0.3) is 0 Å². The highest BCUT2D eigenvalue weighted by Crippen LogP contribution is 2.18. The second kappa shape index (κ2) is 2.50. The molecule has 3 nitrogen and oxygen atoms in total. The first-order valence-corrected chi connectivity index (χ1v) is 3.36. The first kappa shape index (κ1) is 7.41. The summed E-state index contributed by atoms with van der Waals surface area (Å²) < 4.78 is 5.15. The molecule has 3 heteroatoms. The maximum absolute atomic E-state index is 9.14. The molecule has 0 radical (unpaired) electrons. The molecular weight excluding hydrogens is 130 g/mol. The van der Waals surface area contributed by atoms with Crippen molar-refractivity contribution < 1.29 is 9.84 Å². The highest BCUT2D eigenvalue weighted by atomic mass is 16.5. The highest BCUT2D eigenvalue weighted by Gasteiger charge is 2.25. The average molecular weight is 143 g/mol. The van der Waals surface area contributed by atoms with Crippen LogP contribution in [-0.4, -0.2) is 29.4 Å². The van der Waals surface area contributed by atoms with E-state index >= 15 is 0 Å². The number of rotatable bonds is 1. The van der Waals surface area contributed by atoms with Crippen LogP contribution in [0.1, 0.15) is 13.8 Å². The van der Waals surface area contributed by atoms with Crippen molar-refractivity contribution in [1.82, 2.24) is 4.90 Å². The molecular formula is C7H13NO2. The molecule has 0 aromatic rings. The maximum atomic E-state index is 9.14. The minimum absolute atomic E-state index is 0.194. The van der Waals surface area contributed by atoms with Crippen molar-refractivity contribution in [3.63, 3.8) is 0 Å². The molecule has 2 atom stereocenters. The SMILES string of the molecule is CC1=COC(C(C)O)N1C. The molecule has 0 saturated carbocycles. The van der Waals surface area contributed by atoms with Gasteiger partial charge in [-0.05, 0) is 13.8 Å². The first-order valence-electron chi connectivity index (χ1n) is 3.36. The predicted molar refractivity (Wildman–Crippen MR) is 38.1 cm³/mol. The first-order chi connectivity index (χ1) is 4.63. The van der Waals surface area contributed by atoms with E-state index in [0.717, 1.165) is 5.70 Å². The summed E-state index contributed by atoms with van der Waals surface area (Å²) in [5.41, 5.74) is 1.05. The Kier molecular flexibility index (Phi) is 1.85. The van der Waals surface area contributed by atoms with Gasteiger partial charge in [-0.25, -0.2) is 0 Å². The quantitative estimate of drug-likeness (QED) is 0.580. The number of ether oxygens (including phenoxy) is 1. The molecule has 10 heavy (non-hydrogen) atoms. The van der Waals surface area contributed by atoms with Crippen LogP contribution in [0, 0.1) is 0 Å². The van der Waals surface area contributed by atoms with Crippen molar-refractivity contribution in [2.75, 3.05) is 7.05 Å². The van der Waals surface area contributed by atoms with Crippen LogP contribution in [0.2, 0.25) is 0 Å². The smallest absolute Gasteiger partial charge is 0.196 e.